The molecule has 1 aliphatic heterocycles. The number of nitrogens with zero attached hydrogens (tertiary/aromatic N) is 2. The molecule has 5 heteroatoms. The van der Waals surface area contributed by atoms with E-state index in [2.05, 4.69) is 27.2 Å². The molecule has 0 aromatic heterocycles. The highest BCUT2D eigenvalue weighted by molar-refractivity contribution is 6.30. The van der Waals surface area contributed by atoms with Crippen molar-refractivity contribution >= 4 is 28.9 Å². The van der Waals surface area contributed by atoms with Crippen LogP contribution in [0.25, 0.3) is 0 Å². The zero-order valence-corrected chi connectivity index (χ0v) is 15.5. The molecule has 25 heavy (non-hydrogen) atoms. The monoisotopic (exact) mass is 357 g/mol. The Labute approximate surface area is 154 Å². The second-order valence-corrected chi connectivity index (χ2v) is 7.05. The van der Waals surface area contributed by atoms with Crippen LogP contribution in [0.1, 0.15) is 11.1 Å². The molecule has 2 aromatic carbocycles. The predicted molar refractivity (Wildman–Crippen MR) is 105 cm³/mol. The number of aryl methyl sites for hydroxylation is 2. The van der Waals surface area contributed by atoms with E-state index in [9.17, 15) is 4.79 Å². The van der Waals surface area contributed by atoms with E-state index < -0.39 is 0 Å². The summed E-state index contributed by atoms with van der Waals surface area (Å²) >= 11 is 6.07. The number of carbonyl (C=O) groups is 1. The van der Waals surface area contributed by atoms with Gasteiger partial charge in [0, 0.05) is 42.6 Å². The minimum absolute atomic E-state index is 0.0462. The summed E-state index contributed by atoms with van der Waals surface area (Å²) in [5.74, 6) is 0.0462. The lowest BCUT2D eigenvalue weighted by Gasteiger charge is -2.35. The smallest absolute Gasteiger partial charge is 0.238 e. The highest BCUT2D eigenvalue weighted by atomic mass is 35.5. The summed E-state index contributed by atoms with van der Waals surface area (Å²) in [6.07, 6.45) is 0. The number of hydrogen-bond acceptors (Lipinski definition) is 3. The average Bonchev–Trinajstić information content (AvgIpc) is 2.59. The van der Waals surface area contributed by atoms with E-state index in [-0.39, 0.29) is 5.91 Å². The van der Waals surface area contributed by atoms with Crippen LogP contribution >= 0.6 is 11.6 Å². The Morgan fingerprint density at radius 3 is 2.56 bits per heavy atom. The second-order valence-electron chi connectivity index (χ2n) is 6.61. The van der Waals surface area contributed by atoms with Crippen LogP contribution in [0.2, 0.25) is 5.02 Å². The van der Waals surface area contributed by atoms with E-state index in [0.717, 1.165) is 53.7 Å². The van der Waals surface area contributed by atoms with Crippen molar-refractivity contribution in [2.24, 2.45) is 0 Å². The van der Waals surface area contributed by atoms with E-state index in [4.69, 9.17) is 11.6 Å². The number of rotatable bonds is 4. The number of halogens is 1. The largest absolute Gasteiger partial charge is 0.369 e. The number of hydrogen-bond donors (Lipinski definition) is 1. The fraction of sp³-hybridized carbons (Fsp3) is 0.350. The van der Waals surface area contributed by atoms with Gasteiger partial charge in [0.15, 0.2) is 0 Å². The Balaban J connectivity index is 1.52. The van der Waals surface area contributed by atoms with E-state index in [1.165, 1.54) is 0 Å². The molecule has 4 nitrogen and oxygen atoms in total. The van der Waals surface area contributed by atoms with Crippen molar-refractivity contribution in [2.75, 3.05) is 42.9 Å². The summed E-state index contributed by atoms with van der Waals surface area (Å²) in [5.41, 5.74) is 4.29. The van der Waals surface area contributed by atoms with Crippen LogP contribution in [0.5, 0.6) is 0 Å². The molecule has 0 saturated carbocycles. The highest BCUT2D eigenvalue weighted by Gasteiger charge is 2.19. The van der Waals surface area contributed by atoms with Crippen molar-refractivity contribution < 1.29 is 4.79 Å². The molecule has 1 aliphatic rings. The maximum atomic E-state index is 12.4. The van der Waals surface area contributed by atoms with Crippen molar-refractivity contribution in [3.8, 4) is 0 Å². The lowest BCUT2D eigenvalue weighted by atomic mass is 10.1. The van der Waals surface area contributed by atoms with Gasteiger partial charge in [-0.25, -0.2) is 0 Å². The van der Waals surface area contributed by atoms with Gasteiger partial charge in [0.25, 0.3) is 0 Å². The zero-order chi connectivity index (χ0) is 17.8. The molecule has 3 rings (SSSR count). The summed E-state index contributed by atoms with van der Waals surface area (Å²) in [5, 5.41) is 3.79. The molecule has 0 bridgehead atoms. The molecule has 0 unspecified atom stereocenters. The van der Waals surface area contributed by atoms with E-state index >= 15 is 0 Å². The first-order valence-corrected chi connectivity index (χ1v) is 8.99. The summed E-state index contributed by atoms with van der Waals surface area (Å²) in [4.78, 5) is 16.9. The van der Waals surface area contributed by atoms with Crippen molar-refractivity contribution in [3.63, 3.8) is 0 Å². The summed E-state index contributed by atoms with van der Waals surface area (Å²) < 4.78 is 0. The molecule has 0 spiro atoms. The number of anilines is 2. The topological polar surface area (TPSA) is 35.6 Å². The van der Waals surface area contributed by atoms with Crippen molar-refractivity contribution in [2.45, 2.75) is 13.8 Å². The van der Waals surface area contributed by atoms with Crippen LogP contribution in [-0.4, -0.2) is 43.5 Å². The molecule has 132 valence electrons. The van der Waals surface area contributed by atoms with Gasteiger partial charge >= 0.3 is 0 Å². The van der Waals surface area contributed by atoms with Gasteiger partial charge < -0.3 is 10.2 Å². The molecule has 1 saturated heterocycles. The minimum atomic E-state index is 0.0462. The van der Waals surface area contributed by atoms with Gasteiger partial charge in [0.2, 0.25) is 5.91 Å². The zero-order valence-electron chi connectivity index (χ0n) is 14.8. The molecular weight excluding hydrogens is 334 g/mol. The average molecular weight is 358 g/mol. The van der Waals surface area contributed by atoms with Gasteiger partial charge in [-0.1, -0.05) is 29.8 Å². The van der Waals surface area contributed by atoms with Crippen LogP contribution in [0.4, 0.5) is 11.4 Å². The molecule has 1 heterocycles. The van der Waals surface area contributed by atoms with E-state index in [1.807, 2.05) is 44.2 Å². The highest BCUT2D eigenvalue weighted by Crippen LogP contribution is 2.21. The lowest BCUT2D eigenvalue weighted by molar-refractivity contribution is -0.117. The second kappa shape index (κ2) is 7.89. The maximum absolute atomic E-state index is 12.4. The van der Waals surface area contributed by atoms with Crippen LogP contribution in [-0.2, 0) is 4.79 Å². The predicted octanol–water partition coefficient (Wildman–Crippen LogP) is 3.72. The summed E-state index contributed by atoms with van der Waals surface area (Å²) in [6.45, 7) is 8.01. The molecule has 0 atom stereocenters. The first-order valence-electron chi connectivity index (χ1n) is 8.61. The van der Waals surface area contributed by atoms with Crippen molar-refractivity contribution in [1.82, 2.24) is 4.90 Å². The minimum Gasteiger partial charge on any atom is -0.369 e. The van der Waals surface area contributed by atoms with Crippen LogP contribution in [0.15, 0.2) is 42.5 Å². The number of benzene rings is 2. The summed E-state index contributed by atoms with van der Waals surface area (Å²) in [6, 6.07) is 14.0. The standard InChI is InChI=1S/C20H24ClN3O/c1-15-6-7-16(2)19(12-15)22-20(25)14-23-8-10-24(11-9-23)18-5-3-4-17(21)13-18/h3-7,12-13H,8-11,14H2,1-2H3,(H,22,25). The molecule has 2 aromatic rings. The van der Waals surface area contributed by atoms with Gasteiger partial charge in [0.1, 0.15) is 0 Å². The third-order valence-electron chi connectivity index (χ3n) is 4.58. The first-order chi connectivity index (χ1) is 12.0. The van der Waals surface area contributed by atoms with E-state index in [0.29, 0.717) is 6.54 Å². The molecule has 1 fully saturated rings. The molecule has 0 aliphatic carbocycles. The normalized spacial score (nSPS) is 15.2. The van der Waals surface area contributed by atoms with Crippen LogP contribution < -0.4 is 10.2 Å². The molecule has 0 radical (unpaired) electrons. The molecular formula is C20H24ClN3O. The number of carbonyl (C=O) groups excluding carboxylic acids is 1. The van der Waals surface area contributed by atoms with Crippen LogP contribution in [0, 0.1) is 13.8 Å². The third-order valence-corrected chi connectivity index (χ3v) is 4.82. The number of nitrogens with one attached hydrogen (secondary N) is 1. The van der Waals surface area contributed by atoms with Gasteiger partial charge in [-0.3, -0.25) is 9.69 Å². The van der Waals surface area contributed by atoms with Gasteiger partial charge in [-0.15, -0.1) is 0 Å². The number of piperazine rings is 1. The van der Waals surface area contributed by atoms with Crippen molar-refractivity contribution in [3.05, 3.63) is 58.6 Å². The molecule has 1 N–H and O–H groups in total. The fourth-order valence-electron chi connectivity index (χ4n) is 3.10. The quantitative estimate of drug-likeness (QED) is 0.905. The molecule has 1 amide bonds. The Hall–Kier alpha value is -2.04. The Morgan fingerprint density at radius 2 is 1.84 bits per heavy atom. The third kappa shape index (κ3) is 4.74. The SMILES string of the molecule is Cc1ccc(C)c(NC(=O)CN2CCN(c3cccc(Cl)c3)CC2)c1. The summed E-state index contributed by atoms with van der Waals surface area (Å²) in [7, 11) is 0. The fourth-order valence-corrected chi connectivity index (χ4v) is 3.28. The Bertz CT molecular complexity index is 754. The van der Waals surface area contributed by atoms with Crippen molar-refractivity contribution in [1.29, 1.82) is 0 Å². The maximum Gasteiger partial charge on any atom is 0.238 e. The number of amides is 1. The Morgan fingerprint density at radius 1 is 1.08 bits per heavy atom. The van der Waals surface area contributed by atoms with E-state index in [1.54, 1.807) is 0 Å². The van der Waals surface area contributed by atoms with Gasteiger partial charge in [-0.2, -0.15) is 0 Å². The van der Waals surface area contributed by atoms with Gasteiger partial charge in [0.05, 0.1) is 6.54 Å². The first kappa shape index (κ1) is 17.8. The lowest BCUT2D eigenvalue weighted by Crippen LogP contribution is -2.48. The Kier molecular flexibility index (Phi) is 5.61. The van der Waals surface area contributed by atoms with Gasteiger partial charge in [-0.05, 0) is 49.2 Å². The van der Waals surface area contributed by atoms with Crippen LogP contribution in [0.3, 0.4) is 0 Å².